The number of anilines is 1. The summed E-state index contributed by atoms with van der Waals surface area (Å²) in [6.07, 6.45) is 6.40. The highest BCUT2D eigenvalue weighted by Crippen LogP contribution is 2.22. The number of amides is 2. The summed E-state index contributed by atoms with van der Waals surface area (Å²) in [5.41, 5.74) is 2.96. The molecule has 172 valence electrons. The van der Waals surface area contributed by atoms with Crippen LogP contribution < -0.4 is 5.32 Å². The van der Waals surface area contributed by atoms with Crippen molar-refractivity contribution in [2.24, 2.45) is 5.92 Å². The second-order valence-corrected chi connectivity index (χ2v) is 9.26. The normalized spacial score (nSPS) is 18.4. The van der Waals surface area contributed by atoms with Crippen molar-refractivity contribution in [2.45, 2.75) is 52.4 Å². The monoisotopic (exact) mass is 437 g/mol. The number of carbonyl (C=O) groups excluding carboxylic acids is 2. The Hall–Kier alpha value is -2.67. The topological polar surface area (TPSA) is 70.5 Å². The lowest BCUT2D eigenvalue weighted by Crippen LogP contribution is -2.44. The highest BCUT2D eigenvalue weighted by molar-refractivity contribution is 5.91. The molecule has 1 aromatic carbocycles. The van der Waals surface area contributed by atoms with E-state index in [2.05, 4.69) is 20.2 Å². The van der Waals surface area contributed by atoms with Gasteiger partial charge in [-0.25, -0.2) is 4.68 Å². The molecule has 2 fully saturated rings. The molecule has 0 bridgehead atoms. The zero-order valence-electron chi connectivity index (χ0n) is 19.3. The Bertz CT molecular complexity index is 920. The van der Waals surface area contributed by atoms with E-state index in [1.807, 2.05) is 44.2 Å². The van der Waals surface area contributed by atoms with Crippen molar-refractivity contribution >= 4 is 17.6 Å². The molecule has 1 aromatic heterocycles. The van der Waals surface area contributed by atoms with Gasteiger partial charge in [-0.3, -0.25) is 14.5 Å². The van der Waals surface area contributed by atoms with E-state index in [1.165, 1.54) is 18.4 Å². The van der Waals surface area contributed by atoms with Crippen LogP contribution in [0.1, 0.15) is 49.8 Å². The van der Waals surface area contributed by atoms with Crippen molar-refractivity contribution in [3.05, 3.63) is 41.6 Å². The lowest BCUT2D eigenvalue weighted by Gasteiger charge is -2.33. The second-order valence-electron chi connectivity index (χ2n) is 9.26. The molecular weight excluding hydrogens is 402 g/mol. The van der Waals surface area contributed by atoms with E-state index in [-0.39, 0.29) is 11.8 Å². The van der Waals surface area contributed by atoms with Crippen LogP contribution in [0.15, 0.2) is 30.3 Å². The number of aromatic nitrogens is 2. The molecule has 0 spiro atoms. The van der Waals surface area contributed by atoms with E-state index in [9.17, 15) is 9.59 Å². The maximum Gasteiger partial charge on any atom is 0.239 e. The van der Waals surface area contributed by atoms with Crippen molar-refractivity contribution in [1.82, 2.24) is 19.6 Å². The molecule has 4 rings (SSSR count). The van der Waals surface area contributed by atoms with Gasteiger partial charge in [0.25, 0.3) is 0 Å². The zero-order valence-corrected chi connectivity index (χ0v) is 19.3. The third-order valence-corrected chi connectivity index (χ3v) is 6.60. The molecule has 2 aromatic rings. The molecule has 7 nitrogen and oxygen atoms in total. The van der Waals surface area contributed by atoms with Gasteiger partial charge >= 0.3 is 0 Å². The highest BCUT2D eigenvalue weighted by atomic mass is 16.2. The third kappa shape index (κ3) is 5.57. The molecule has 0 saturated carbocycles. The first kappa shape index (κ1) is 22.5. The molecular formula is C25H35N5O2. The summed E-state index contributed by atoms with van der Waals surface area (Å²) in [5.74, 6) is 1.07. The van der Waals surface area contributed by atoms with Crippen LogP contribution in [0.5, 0.6) is 0 Å². The van der Waals surface area contributed by atoms with Crippen LogP contribution >= 0.6 is 0 Å². The molecule has 0 unspecified atom stereocenters. The average molecular weight is 438 g/mol. The summed E-state index contributed by atoms with van der Waals surface area (Å²) >= 11 is 0. The fourth-order valence-corrected chi connectivity index (χ4v) is 4.74. The van der Waals surface area contributed by atoms with Crippen LogP contribution in [0.2, 0.25) is 0 Å². The second kappa shape index (κ2) is 10.3. The van der Waals surface area contributed by atoms with Crippen LogP contribution in [0, 0.1) is 19.8 Å². The molecule has 2 saturated heterocycles. The van der Waals surface area contributed by atoms with Gasteiger partial charge in [0.15, 0.2) is 0 Å². The van der Waals surface area contributed by atoms with Gasteiger partial charge in [-0.2, -0.15) is 5.10 Å². The SMILES string of the molecule is Cc1ccc(-n2nc(C)cc2NC(=O)CN2CCC(C(=O)N3CCCCCC3)CC2)cc1. The van der Waals surface area contributed by atoms with Gasteiger partial charge in [-0.15, -0.1) is 0 Å². The molecule has 1 N–H and O–H groups in total. The van der Waals surface area contributed by atoms with Crippen molar-refractivity contribution in [2.75, 3.05) is 38.0 Å². The number of nitrogens with one attached hydrogen (secondary N) is 1. The number of piperidine rings is 1. The summed E-state index contributed by atoms with van der Waals surface area (Å²) in [7, 11) is 0. The predicted molar refractivity (Wildman–Crippen MR) is 126 cm³/mol. The van der Waals surface area contributed by atoms with Gasteiger partial charge in [0.05, 0.1) is 17.9 Å². The standard InChI is InChI=1S/C25H35N5O2/c1-19-7-9-22(10-8-19)30-23(17-20(2)27-30)26-24(31)18-28-15-11-21(12-16-28)25(32)29-13-5-3-4-6-14-29/h7-10,17,21H,3-6,11-16,18H2,1-2H3,(H,26,31). The minimum Gasteiger partial charge on any atom is -0.342 e. The Kier molecular flexibility index (Phi) is 7.25. The first-order valence-corrected chi connectivity index (χ1v) is 11.9. The van der Waals surface area contributed by atoms with E-state index in [1.54, 1.807) is 4.68 Å². The highest BCUT2D eigenvalue weighted by Gasteiger charge is 2.29. The molecule has 32 heavy (non-hydrogen) atoms. The number of likely N-dealkylation sites (tertiary alicyclic amines) is 2. The summed E-state index contributed by atoms with van der Waals surface area (Å²) < 4.78 is 1.78. The molecule has 0 radical (unpaired) electrons. The number of hydrogen-bond donors (Lipinski definition) is 1. The number of hydrogen-bond acceptors (Lipinski definition) is 4. The summed E-state index contributed by atoms with van der Waals surface area (Å²) in [6.45, 7) is 7.70. The summed E-state index contributed by atoms with van der Waals surface area (Å²) in [4.78, 5) is 29.9. The molecule has 0 atom stereocenters. The van der Waals surface area contributed by atoms with Crippen molar-refractivity contribution in [3.8, 4) is 5.69 Å². The molecule has 7 heteroatoms. The Morgan fingerprint density at radius 2 is 1.62 bits per heavy atom. The van der Waals surface area contributed by atoms with E-state index in [0.29, 0.717) is 18.3 Å². The van der Waals surface area contributed by atoms with Gasteiger partial charge in [-0.1, -0.05) is 30.5 Å². The minimum atomic E-state index is -0.0458. The Balaban J connectivity index is 1.29. The fourth-order valence-electron chi connectivity index (χ4n) is 4.74. The first-order valence-electron chi connectivity index (χ1n) is 11.9. The number of benzene rings is 1. The predicted octanol–water partition coefficient (Wildman–Crippen LogP) is 3.54. The molecule has 2 amide bonds. The lowest BCUT2D eigenvalue weighted by atomic mass is 9.95. The van der Waals surface area contributed by atoms with Gasteiger partial charge in [-0.05, 0) is 64.8 Å². The van der Waals surface area contributed by atoms with E-state index in [4.69, 9.17) is 0 Å². The van der Waals surface area contributed by atoms with Crippen molar-refractivity contribution in [1.29, 1.82) is 0 Å². The zero-order chi connectivity index (χ0) is 22.5. The molecule has 3 heterocycles. The van der Waals surface area contributed by atoms with E-state index >= 15 is 0 Å². The molecule has 2 aliphatic heterocycles. The quantitative estimate of drug-likeness (QED) is 0.777. The Labute approximate surface area is 190 Å². The maximum atomic E-state index is 12.9. The largest absolute Gasteiger partial charge is 0.342 e. The van der Waals surface area contributed by atoms with Gasteiger partial charge in [0, 0.05) is 25.1 Å². The number of nitrogens with zero attached hydrogens (tertiary/aromatic N) is 4. The first-order chi connectivity index (χ1) is 15.5. The summed E-state index contributed by atoms with van der Waals surface area (Å²) in [6, 6.07) is 9.97. The van der Waals surface area contributed by atoms with Gasteiger partial charge < -0.3 is 10.2 Å². The molecule has 0 aliphatic carbocycles. The van der Waals surface area contributed by atoms with Crippen LogP contribution in [0.25, 0.3) is 5.69 Å². The Morgan fingerprint density at radius 3 is 2.28 bits per heavy atom. The third-order valence-electron chi connectivity index (χ3n) is 6.60. The van der Waals surface area contributed by atoms with Gasteiger partial charge in [0.2, 0.25) is 11.8 Å². The smallest absolute Gasteiger partial charge is 0.239 e. The minimum absolute atomic E-state index is 0.0458. The van der Waals surface area contributed by atoms with Crippen LogP contribution in [-0.4, -0.2) is 64.1 Å². The fraction of sp³-hybridized carbons (Fsp3) is 0.560. The number of carbonyl (C=O) groups is 2. The van der Waals surface area contributed by atoms with E-state index < -0.39 is 0 Å². The van der Waals surface area contributed by atoms with Crippen LogP contribution in [-0.2, 0) is 9.59 Å². The average Bonchev–Trinajstić information content (AvgIpc) is 2.98. The number of aryl methyl sites for hydroxylation is 2. The number of rotatable bonds is 5. The maximum absolute atomic E-state index is 12.9. The van der Waals surface area contributed by atoms with Gasteiger partial charge in [0.1, 0.15) is 5.82 Å². The van der Waals surface area contributed by atoms with Crippen LogP contribution in [0.3, 0.4) is 0 Å². The molecule has 2 aliphatic rings. The summed E-state index contributed by atoms with van der Waals surface area (Å²) in [5, 5.41) is 7.57. The Morgan fingerprint density at radius 1 is 0.969 bits per heavy atom. The van der Waals surface area contributed by atoms with Crippen molar-refractivity contribution in [3.63, 3.8) is 0 Å². The lowest BCUT2D eigenvalue weighted by molar-refractivity contribution is -0.137. The van der Waals surface area contributed by atoms with Crippen molar-refractivity contribution < 1.29 is 9.59 Å². The van der Waals surface area contributed by atoms with Crippen LogP contribution in [0.4, 0.5) is 5.82 Å². The van der Waals surface area contributed by atoms with E-state index in [0.717, 1.165) is 63.2 Å².